The average Bonchev–Trinajstić information content (AvgIpc) is 3.09. The molecular weight excluding hydrogens is 264 g/mol. The second kappa shape index (κ2) is 5.19. The molecule has 1 saturated carbocycles. The molecule has 2 nitrogen and oxygen atoms in total. The van der Waals surface area contributed by atoms with Crippen LogP contribution < -0.4 is 10.2 Å². The lowest BCUT2D eigenvalue weighted by atomic mass is 10.2. The Morgan fingerprint density at radius 1 is 1.44 bits per heavy atom. The average molecular weight is 283 g/mol. The molecule has 1 aromatic carbocycles. The fourth-order valence-corrected chi connectivity index (χ4v) is 2.42. The molecule has 0 saturated heterocycles. The van der Waals surface area contributed by atoms with Crippen LogP contribution in [0.15, 0.2) is 22.7 Å². The summed E-state index contributed by atoms with van der Waals surface area (Å²) < 4.78 is 1.19. The number of anilines is 1. The summed E-state index contributed by atoms with van der Waals surface area (Å²) in [6.45, 7) is 4.17. The molecule has 0 spiro atoms. The number of hydrogen-bond acceptors (Lipinski definition) is 2. The summed E-state index contributed by atoms with van der Waals surface area (Å²) in [6, 6.07) is 7.40. The summed E-state index contributed by atoms with van der Waals surface area (Å²) in [5, 5.41) is 3.53. The van der Waals surface area contributed by atoms with Gasteiger partial charge in [0.05, 0.1) is 5.69 Å². The number of hydrogen-bond donors (Lipinski definition) is 1. The van der Waals surface area contributed by atoms with E-state index in [9.17, 15) is 0 Å². The molecule has 1 aliphatic rings. The molecule has 3 heteroatoms. The van der Waals surface area contributed by atoms with E-state index in [2.05, 4.69) is 58.3 Å². The SMILES string of the molecule is CCN(C)c1ccc(CNC2CC2)cc1Br. The van der Waals surface area contributed by atoms with E-state index in [1.165, 1.54) is 28.6 Å². The fourth-order valence-electron chi connectivity index (χ4n) is 1.69. The van der Waals surface area contributed by atoms with E-state index < -0.39 is 0 Å². The van der Waals surface area contributed by atoms with E-state index in [1.54, 1.807) is 0 Å². The van der Waals surface area contributed by atoms with Gasteiger partial charge in [-0.2, -0.15) is 0 Å². The highest BCUT2D eigenvalue weighted by Gasteiger charge is 2.19. The van der Waals surface area contributed by atoms with Gasteiger partial charge in [0.1, 0.15) is 0 Å². The van der Waals surface area contributed by atoms with Crippen LogP contribution >= 0.6 is 15.9 Å². The largest absolute Gasteiger partial charge is 0.374 e. The minimum Gasteiger partial charge on any atom is -0.374 e. The van der Waals surface area contributed by atoms with Gasteiger partial charge < -0.3 is 10.2 Å². The van der Waals surface area contributed by atoms with Crippen LogP contribution in [0.25, 0.3) is 0 Å². The third-order valence-electron chi connectivity index (χ3n) is 3.07. The molecule has 0 unspecified atom stereocenters. The van der Waals surface area contributed by atoms with Gasteiger partial charge in [0.2, 0.25) is 0 Å². The quantitative estimate of drug-likeness (QED) is 0.893. The van der Waals surface area contributed by atoms with Crippen LogP contribution in [0, 0.1) is 0 Å². The standard InChI is InChI=1S/C13H19BrN2/c1-3-16(2)13-7-4-10(8-12(13)14)9-15-11-5-6-11/h4,7-8,11,15H,3,5-6,9H2,1-2H3. The predicted octanol–water partition coefficient (Wildman–Crippen LogP) is 3.16. The third kappa shape index (κ3) is 2.98. The molecule has 0 radical (unpaired) electrons. The first-order valence-electron chi connectivity index (χ1n) is 5.93. The molecule has 0 amide bonds. The van der Waals surface area contributed by atoms with Crippen molar-refractivity contribution in [3.63, 3.8) is 0 Å². The van der Waals surface area contributed by atoms with Gasteiger partial charge in [0, 0.05) is 30.7 Å². The van der Waals surface area contributed by atoms with Crippen molar-refractivity contribution in [1.29, 1.82) is 0 Å². The second-order valence-corrected chi connectivity index (χ2v) is 5.31. The molecule has 1 aliphatic carbocycles. The van der Waals surface area contributed by atoms with Gasteiger partial charge in [-0.25, -0.2) is 0 Å². The second-order valence-electron chi connectivity index (χ2n) is 4.46. The maximum atomic E-state index is 3.64. The lowest BCUT2D eigenvalue weighted by Crippen LogP contribution is -2.17. The Bertz CT molecular complexity index is 361. The summed E-state index contributed by atoms with van der Waals surface area (Å²) >= 11 is 3.64. The maximum Gasteiger partial charge on any atom is 0.0508 e. The summed E-state index contributed by atoms with van der Waals surface area (Å²) in [5.41, 5.74) is 2.62. The van der Waals surface area contributed by atoms with E-state index in [0.29, 0.717) is 0 Å². The Morgan fingerprint density at radius 3 is 2.75 bits per heavy atom. The van der Waals surface area contributed by atoms with E-state index in [1.807, 2.05) is 0 Å². The van der Waals surface area contributed by atoms with Gasteiger partial charge in [0.15, 0.2) is 0 Å². The van der Waals surface area contributed by atoms with E-state index in [0.717, 1.165) is 19.1 Å². The molecule has 88 valence electrons. The topological polar surface area (TPSA) is 15.3 Å². The van der Waals surface area contributed by atoms with E-state index >= 15 is 0 Å². The van der Waals surface area contributed by atoms with Gasteiger partial charge >= 0.3 is 0 Å². The van der Waals surface area contributed by atoms with Crippen molar-refractivity contribution in [2.45, 2.75) is 32.4 Å². The Hall–Kier alpha value is -0.540. The Kier molecular flexibility index (Phi) is 3.87. The third-order valence-corrected chi connectivity index (χ3v) is 3.71. The lowest BCUT2D eigenvalue weighted by molar-refractivity contribution is 0.687. The van der Waals surface area contributed by atoms with Crippen molar-refractivity contribution in [2.75, 3.05) is 18.5 Å². The summed E-state index contributed by atoms with van der Waals surface area (Å²) in [7, 11) is 2.11. The molecule has 1 aromatic rings. The van der Waals surface area contributed by atoms with Crippen LogP contribution in [-0.2, 0) is 6.54 Å². The minimum atomic E-state index is 0.775. The van der Waals surface area contributed by atoms with Crippen LogP contribution in [0.4, 0.5) is 5.69 Å². The zero-order valence-electron chi connectivity index (χ0n) is 9.96. The number of nitrogens with zero attached hydrogens (tertiary/aromatic N) is 1. The predicted molar refractivity (Wildman–Crippen MR) is 72.9 cm³/mol. The summed E-state index contributed by atoms with van der Waals surface area (Å²) in [5.74, 6) is 0. The van der Waals surface area contributed by atoms with Crippen LogP contribution in [0.3, 0.4) is 0 Å². The molecule has 0 aliphatic heterocycles. The molecular formula is C13H19BrN2. The Labute approximate surface area is 106 Å². The molecule has 0 aromatic heterocycles. The fraction of sp³-hybridized carbons (Fsp3) is 0.538. The van der Waals surface area contributed by atoms with Crippen LogP contribution in [0.5, 0.6) is 0 Å². The van der Waals surface area contributed by atoms with Crippen molar-refractivity contribution >= 4 is 21.6 Å². The van der Waals surface area contributed by atoms with Crippen molar-refractivity contribution in [3.8, 4) is 0 Å². The first-order chi connectivity index (χ1) is 7.70. The molecule has 2 rings (SSSR count). The van der Waals surface area contributed by atoms with Crippen molar-refractivity contribution < 1.29 is 0 Å². The first-order valence-corrected chi connectivity index (χ1v) is 6.73. The first kappa shape index (κ1) is 11.9. The molecule has 16 heavy (non-hydrogen) atoms. The highest BCUT2D eigenvalue weighted by atomic mass is 79.9. The number of rotatable bonds is 5. The Balaban J connectivity index is 2.02. The van der Waals surface area contributed by atoms with Gasteiger partial charge in [0.25, 0.3) is 0 Å². The lowest BCUT2D eigenvalue weighted by Gasteiger charge is -2.19. The van der Waals surface area contributed by atoms with Crippen molar-refractivity contribution in [3.05, 3.63) is 28.2 Å². The van der Waals surface area contributed by atoms with E-state index in [-0.39, 0.29) is 0 Å². The Morgan fingerprint density at radius 2 is 2.19 bits per heavy atom. The highest BCUT2D eigenvalue weighted by molar-refractivity contribution is 9.10. The van der Waals surface area contributed by atoms with Gasteiger partial charge in [-0.05, 0) is 53.4 Å². The molecule has 1 fully saturated rings. The minimum absolute atomic E-state index is 0.775. The maximum absolute atomic E-state index is 3.64. The van der Waals surface area contributed by atoms with Crippen LogP contribution in [-0.4, -0.2) is 19.6 Å². The number of halogens is 1. The smallest absolute Gasteiger partial charge is 0.0508 e. The van der Waals surface area contributed by atoms with E-state index in [4.69, 9.17) is 0 Å². The zero-order chi connectivity index (χ0) is 11.5. The zero-order valence-corrected chi connectivity index (χ0v) is 11.5. The monoisotopic (exact) mass is 282 g/mol. The van der Waals surface area contributed by atoms with Crippen LogP contribution in [0.2, 0.25) is 0 Å². The number of benzene rings is 1. The summed E-state index contributed by atoms with van der Waals surface area (Å²) in [4.78, 5) is 2.24. The van der Waals surface area contributed by atoms with Gasteiger partial charge in [-0.15, -0.1) is 0 Å². The van der Waals surface area contributed by atoms with Crippen LogP contribution in [0.1, 0.15) is 25.3 Å². The van der Waals surface area contributed by atoms with Crippen molar-refractivity contribution in [1.82, 2.24) is 5.32 Å². The van der Waals surface area contributed by atoms with Gasteiger partial charge in [-0.1, -0.05) is 6.07 Å². The van der Waals surface area contributed by atoms with Crippen molar-refractivity contribution in [2.24, 2.45) is 0 Å². The highest BCUT2D eigenvalue weighted by Crippen LogP contribution is 2.27. The molecule has 1 N–H and O–H groups in total. The van der Waals surface area contributed by atoms with Gasteiger partial charge in [-0.3, -0.25) is 0 Å². The molecule has 0 bridgehead atoms. The molecule has 0 heterocycles. The molecule has 0 atom stereocenters. The summed E-state index contributed by atoms with van der Waals surface area (Å²) in [6.07, 6.45) is 2.69. The normalized spacial score (nSPS) is 15.2. The number of nitrogens with one attached hydrogen (secondary N) is 1.